The summed E-state index contributed by atoms with van der Waals surface area (Å²) in [6.45, 7) is 0. The van der Waals surface area contributed by atoms with E-state index in [-0.39, 0.29) is 27.3 Å². The smallest absolute Gasteiger partial charge is 0.743 e. The minimum Gasteiger partial charge on any atom is -0.743 e. The summed E-state index contributed by atoms with van der Waals surface area (Å²) >= 11 is 0. The van der Waals surface area contributed by atoms with Crippen LogP contribution < -0.4 is 0 Å². The van der Waals surface area contributed by atoms with Crippen LogP contribution in [0.25, 0.3) is 0 Å². The van der Waals surface area contributed by atoms with Crippen LogP contribution in [0.3, 0.4) is 0 Å². The van der Waals surface area contributed by atoms with Gasteiger partial charge in [-0.15, -0.1) is 0 Å². The molecule has 6 nitrogen and oxygen atoms in total. The van der Waals surface area contributed by atoms with Gasteiger partial charge < -0.3 is 9.11 Å². The van der Waals surface area contributed by atoms with Gasteiger partial charge in [-0.05, 0) is 0 Å². The molecule has 0 bridgehead atoms. The van der Waals surface area contributed by atoms with Crippen molar-refractivity contribution >= 4 is 20.2 Å². The molecule has 0 aliphatic carbocycles. The Bertz CT molecular complexity index is 870. The summed E-state index contributed by atoms with van der Waals surface area (Å²) in [5.74, 6) is -29.6. The van der Waals surface area contributed by atoms with Gasteiger partial charge in [-0.2, -0.15) is 79.0 Å². The Hall–Kier alpha value is -0.518. The van der Waals surface area contributed by atoms with Crippen molar-refractivity contribution in [3.8, 4) is 0 Å². The number of rotatable bonds is 6. The molecule has 0 spiro atoms. The van der Waals surface area contributed by atoms with Gasteiger partial charge in [-0.25, -0.2) is 16.8 Å². The molecular formula is C8CdF18O6S2. The zero-order valence-corrected chi connectivity index (χ0v) is 20.4. The molecule has 0 saturated heterocycles. The van der Waals surface area contributed by atoms with Crippen LogP contribution in [-0.2, 0) is 47.5 Å². The Morgan fingerprint density at radius 1 is 0.371 bits per heavy atom. The average molecular weight is 711 g/mol. The summed E-state index contributed by atoms with van der Waals surface area (Å²) in [7, 11) is -14.8. The molecule has 208 valence electrons. The topological polar surface area (TPSA) is 114 Å². The molecule has 0 amide bonds. The van der Waals surface area contributed by atoms with Crippen LogP contribution in [0.15, 0.2) is 0 Å². The maximum atomic E-state index is 12.2. The largest absolute Gasteiger partial charge is 2.00 e. The SMILES string of the molecule is O=S(=O)([O-])C(F)(F)C(F)(F)C(F)(F)C(F)(F)F.O=S(=O)([O-])C(F)(F)C(F)(F)C(F)(F)C(F)(F)F.[Cd+2]. The number of hydrogen-bond donors (Lipinski definition) is 0. The van der Waals surface area contributed by atoms with E-state index in [2.05, 4.69) is 0 Å². The molecule has 35 heavy (non-hydrogen) atoms. The van der Waals surface area contributed by atoms with Crippen molar-refractivity contribution in [2.24, 2.45) is 0 Å². The molecule has 27 heteroatoms. The van der Waals surface area contributed by atoms with Crippen molar-refractivity contribution < 1.29 is 132 Å². The predicted molar refractivity (Wildman–Crippen MR) is 61.2 cm³/mol. The molecule has 0 saturated carbocycles. The summed E-state index contributed by atoms with van der Waals surface area (Å²) in [4.78, 5) is 0. The Labute approximate surface area is 199 Å². The summed E-state index contributed by atoms with van der Waals surface area (Å²) in [6, 6.07) is 0. The third kappa shape index (κ3) is 6.49. The van der Waals surface area contributed by atoms with Gasteiger partial charge in [0.2, 0.25) is 0 Å². The van der Waals surface area contributed by atoms with Gasteiger partial charge in [0.15, 0.2) is 20.2 Å². The second-order valence-electron chi connectivity index (χ2n) is 5.23. The first kappa shape index (κ1) is 39.0. The van der Waals surface area contributed by atoms with Crippen molar-refractivity contribution in [1.29, 1.82) is 0 Å². The van der Waals surface area contributed by atoms with E-state index in [1.807, 2.05) is 0 Å². The fraction of sp³-hybridized carbons (Fsp3) is 1.00. The third-order valence-corrected chi connectivity index (χ3v) is 4.63. The molecule has 0 N–H and O–H groups in total. The predicted octanol–water partition coefficient (Wildman–Crippen LogP) is 3.91. The van der Waals surface area contributed by atoms with Crippen molar-refractivity contribution in [2.75, 3.05) is 0 Å². The standard InChI is InChI=1S/2C4HF9O3S.Cd/c2*5-1(6,3(9,10)11)2(7,8)4(12,13)17(14,15)16;/h2*(H,14,15,16);/q;;+2/p-2. The van der Waals surface area contributed by atoms with Crippen molar-refractivity contribution in [2.45, 2.75) is 46.6 Å². The van der Waals surface area contributed by atoms with Crippen molar-refractivity contribution in [3.05, 3.63) is 0 Å². The maximum absolute atomic E-state index is 12.2. The van der Waals surface area contributed by atoms with Crippen LogP contribution in [0.4, 0.5) is 79.0 Å². The van der Waals surface area contributed by atoms with Crippen molar-refractivity contribution in [3.63, 3.8) is 0 Å². The van der Waals surface area contributed by atoms with Gasteiger partial charge in [0, 0.05) is 0 Å². The molecule has 0 radical (unpaired) electrons. The summed E-state index contributed by atoms with van der Waals surface area (Å²) < 4.78 is 271. The number of halogens is 18. The zero-order chi connectivity index (χ0) is 29.0. The number of hydrogen-bond acceptors (Lipinski definition) is 6. The Morgan fingerprint density at radius 2 is 0.514 bits per heavy atom. The monoisotopic (exact) mass is 712 g/mol. The van der Waals surface area contributed by atoms with Crippen LogP contribution in [0.2, 0.25) is 0 Å². The molecule has 0 aromatic carbocycles. The van der Waals surface area contributed by atoms with E-state index in [4.69, 9.17) is 0 Å². The first-order valence-electron chi connectivity index (χ1n) is 6.31. The van der Waals surface area contributed by atoms with E-state index in [0.29, 0.717) is 0 Å². The Morgan fingerprint density at radius 3 is 0.600 bits per heavy atom. The fourth-order valence-corrected chi connectivity index (χ4v) is 1.92. The molecule has 0 aliphatic rings. The Balaban J connectivity index is -0.000000569. The van der Waals surface area contributed by atoms with Gasteiger partial charge in [0.1, 0.15) is 0 Å². The average Bonchev–Trinajstić information content (AvgIpc) is 2.50. The summed E-state index contributed by atoms with van der Waals surface area (Å²) in [6.07, 6.45) is -14.3. The molecule has 0 unspecified atom stereocenters. The summed E-state index contributed by atoms with van der Waals surface area (Å²) in [5.41, 5.74) is 0. The van der Waals surface area contributed by atoms with Gasteiger partial charge >= 0.3 is 73.9 Å². The van der Waals surface area contributed by atoms with Crippen LogP contribution in [0.5, 0.6) is 0 Å². The molecule has 0 heterocycles. The van der Waals surface area contributed by atoms with E-state index >= 15 is 0 Å². The molecule has 0 fully saturated rings. The van der Waals surface area contributed by atoms with E-state index < -0.39 is 66.8 Å². The molecule has 0 aliphatic heterocycles. The van der Waals surface area contributed by atoms with Gasteiger partial charge in [-0.3, -0.25) is 0 Å². The van der Waals surface area contributed by atoms with Crippen LogP contribution in [0.1, 0.15) is 0 Å². The molecule has 0 aromatic heterocycles. The first-order valence-corrected chi connectivity index (χ1v) is 9.13. The third-order valence-electron chi connectivity index (χ3n) is 2.86. The van der Waals surface area contributed by atoms with Gasteiger partial charge in [0.25, 0.3) is 0 Å². The van der Waals surface area contributed by atoms with E-state index in [9.17, 15) is 105 Å². The first-order chi connectivity index (χ1) is 14.0. The van der Waals surface area contributed by atoms with E-state index in [0.717, 1.165) is 0 Å². The molecule has 0 aromatic rings. The molecular weight excluding hydrogens is 711 g/mol. The zero-order valence-electron chi connectivity index (χ0n) is 14.8. The molecule has 0 atom stereocenters. The van der Waals surface area contributed by atoms with Crippen LogP contribution >= 0.6 is 0 Å². The van der Waals surface area contributed by atoms with Crippen LogP contribution in [-0.4, -0.2) is 72.5 Å². The second-order valence-corrected chi connectivity index (χ2v) is 8.08. The van der Waals surface area contributed by atoms with Crippen molar-refractivity contribution in [1.82, 2.24) is 0 Å². The normalized spacial score (nSPS) is 15.7. The van der Waals surface area contributed by atoms with Crippen LogP contribution in [0, 0.1) is 0 Å². The molecule has 0 rings (SSSR count). The van der Waals surface area contributed by atoms with E-state index in [1.54, 1.807) is 0 Å². The number of alkyl halides is 18. The quantitative estimate of drug-likeness (QED) is 0.235. The second kappa shape index (κ2) is 9.98. The maximum Gasteiger partial charge on any atom is 2.00 e. The summed E-state index contributed by atoms with van der Waals surface area (Å²) in [5, 5.41) is -14.2. The van der Waals surface area contributed by atoms with E-state index in [1.165, 1.54) is 0 Å². The Kier molecular flexibility index (Phi) is 11.1. The van der Waals surface area contributed by atoms with Gasteiger partial charge in [-0.1, -0.05) is 0 Å². The minimum atomic E-state index is -7.43. The van der Waals surface area contributed by atoms with Gasteiger partial charge in [0.05, 0.1) is 0 Å². The minimum absolute atomic E-state index is 0. The fourth-order valence-electron chi connectivity index (χ4n) is 1.04.